The molecule has 0 atom stereocenters. The highest BCUT2D eigenvalue weighted by atomic mass is 79.9. The highest BCUT2D eigenvalue weighted by Gasteiger charge is 2.23. The van der Waals surface area contributed by atoms with Crippen LogP contribution in [-0.4, -0.2) is 5.91 Å². The van der Waals surface area contributed by atoms with Crippen molar-refractivity contribution in [1.82, 2.24) is 0 Å². The normalized spacial score (nSPS) is 14.3. The molecule has 3 rings (SSSR count). The Kier molecular flexibility index (Phi) is 4.55. The Bertz CT molecular complexity index is 819. The van der Waals surface area contributed by atoms with E-state index in [2.05, 4.69) is 15.9 Å². The number of benzene rings is 2. The minimum Gasteiger partial charge on any atom is -0.307 e. The number of halogens is 3. The standard InChI is InChI=1S/C18H14BrClFNO/c1-11-2-3-12(8-16(11)21)10-22-17-9-13(20)4-5-14(17)15(19)6-7-18(22)23/h2-6,8-9H,7,10H2,1H3. The molecule has 1 heterocycles. The number of aryl methyl sites for hydroxylation is 1. The number of nitrogens with zero attached hydrogens (tertiary/aromatic N) is 1. The van der Waals surface area contributed by atoms with Gasteiger partial charge in [0.2, 0.25) is 5.91 Å². The summed E-state index contributed by atoms with van der Waals surface area (Å²) < 4.78 is 14.6. The van der Waals surface area contributed by atoms with E-state index in [0.29, 0.717) is 17.1 Å². The van der Waals surface area contributed by atoms with Gasteiger partial charge in [-0.15, -0.1) is 0 Å². The monoisotopic (exact) mass is 393 g/mol. The second-order valence-electron chi connectivity index (χ2n) is 5.48. The highest BCUT2D eigenvalue weighted by Crippen LogP contribution is 2.37. The van der Waals surface area contributed by atoms with Crippen LogP contribution in [0.1, 0.15) is 23.1 Å². The van der Waals surface area contributed by atoms with Gasteiger partial charge in [-0.05, 0) is 36.2 Å². The van der Waals surface area contributed by atoms with Crippen LogP contribution in [0.5, 0.6) is 0 Å². The van der Waals surface area contributed by atoms with Crippen LogP contribution in [0.3, 0.4) is 0 Å². The number of rotatable bonds is 2. The average Bonchev–Trinajstić information content (AvgIpc) is 2.63. The fraction of sp³-hybridized carbons (Fsp3) is 0.167. The van der Waals surface area contributed by atoms with Gasteiger partial charge >= 0.3 is 0 Å². The van der Waals surface area contributed by atoms with Crippen LogP contribution in [0, 0.1) is 12.7 Å². The molecule has 1 aliphatic rings. The van der Waals surface area contributed by atoms with E-state index in [-0.39, 0.29) is 18.1 Å². The van der Waals surface area contributed by atoms with Crippen molar-refractivity contribution in [1.29, 1.82) is 0 Å². The Labute approximate surface area is 147 Å². The number of hydrogen-bond acceptors (Lipinski definition) is 1. The number of anilines is 1. The van der Waals surface area contributed by atoms with Crippen molar-refractivity contribution in [2.75, 3.05) is 4.90 Å². The van der Waals surface area contributed by atoms with Crippen molar-refractivity contribution < 1.29 is 9.18 Å². The first-order chi connectivity index (χ1) is 11.0. The smallest absolute Gasteiger partial charge is 0.231 e. The third kappa shape index (κ3) is 3.33. The van der Waals surface area contributed by atoms with Crippen LogP contribution in [0.15, 0.2) is 42.5 Å². The summed E-state index contributed by atoms with van der Waals surface area (Å²) in [4.78, 5) is 14.2. The minimum absolute atomic E-state index is 0.0519. The summed E-state index contributed by atoms with van der Waals surface area (Å²) in [6, 6.07) is 10.5. The van der Waals surface area contributed by atoms with E-state index in [4.69, 9.17) is 11.6 Å². The summed E-state index contributed by atoms with van der Waals surface area (Å²) in [6.45, 7) is 2.02. The zero-order chi connectivity index (χ0) is 16.6. The van der Waals surface area contributed by atoms with Gasteiger partial charge in [0.05, 0.1) is 12.2 Å². The SMILES string of the molecule is Cc1ccc(CN2C(=O)CC=C(Br)c3ccc(Cl)cc32)cc1F. The minimum atomic E-state index is -0.268. The van der Waals surface area contributed by atoms with E-state index in [1.165, 1.54) is 6.07 Å². The first-order valence-corrected chi connectivity index (χ1v) is 8.34. The van der Waals surface area contributed by atoms with Crippen molar-refractivity contribution in [3.8, 4) is 0 Å². The molecule has 2 nitrogen and oxygen atoms in total. The second kappa shape index (κ2) is 6.46. The maximum Gasteiger partial charge on any atom is 0.231 e. The molecule has 0 saturated heterocycles. The fourth-order valence-electron chi connectivity index (χ4n) is 2.55. The molecule has 0 spiro atoms. The summed E-state index contributed by atoms with van der Waals surface area (Å²) >= 11 is 9.61. The van der Waals surface area contributed by atoms with Crippen molar-refractivity contribution in [3.63, 3.8) is 0 Å². The Balaban J connectivity index is 2.04. The Morgan fingerprint density at radius 1 is 1.26 bits per heavy atom. The van der Waals surface area contributed by atoms with Crippen LogP contribution in [0.25, 0.3) is 4.48 Å². The zero-order valence-corrected chi connectivity index (χ0v) is 14.8. The second-order valence-corrected chi connectivity index (χ2v) is 6.77. The predicted octanol–water partition coefficient (Wildman–Crippen LogP) is 5.46. The van der Waals surface area contributed by atoms with E-state index in [9.17, 15) is 9.18 Å². The molecule has 0 fully saturated rings. The van der Waals surface area contributed by atoms with Gasteiger partial charge in [-0.2, -0.15) is 0 Å². The third-order valence-corrected chi connectivity index (χ3v) is 4.83. The van der Waals surface area contributed by atoms with Crippen LogP contribution >= 0.6 is 27.5 Å². The van der Waals surface area contributed by atoms with Crippen molar-refractivity contribution >= 4 is 43.6 Å². The molecule has 0 aromatic heterocycles. The molecule has 0 radical (unpaired) electrons. The Hall–Kier alpha value is -1.65. The lowest BCUT2D eigenvalue weighted by Gasteiger charge is -2.24. The van der Waals surface area contributed by atoms with Crippen molar-refractivity contribution in [2.45, 2.75) is 19.9 Å². The Morgan fingerprint density at radius 2 is 2.04 bits per heavy atom. The molecule has 0 bridgehead atoms. The molecule has 1 aliphatic heterocycles. The van der Waals surface area contributed by atoms with E-state index >= 15 is 0 Å². The number of amides is 1. The first kappa shape index (κ1) is 16.2. The molecule has 2 aromatic rings. The molecule has 1 amide bonds. The maximum atomic E-state index is 13.8. The van der Waals surface area contributed by atoms with Gasteiger partial charge in [0.25, 0.3) is 0 Å². The van der Waals surface area contributed by atoms with Crippen molar-refractivity contribution in [3.05, 3.63) is 70.0 Å². The van der Waals surface area contributed by atoms with Gasteiger partial charge in [-0.25, -0.2) is 4.39 Å². The topological polar surface area (TPSA) is 20.3 Å². The maximum absolute atomic E-state index is 13.8. The van der Waals surface area contributed by atoms with Crippen LogP contribution < -0.4 is 4.90 Å². The summed E-state index contributed by atoms with van der Waals surface area (Å²) in [5.41, 5.74) is 2.95. The highest BCUT2D eigenvalue weighted by molar-refractivity contribution is 9.15. The quantitative estimate of drug-likeness (QED) is 0.662. The molecule has 0 aliphatic carbocycles. The summed E-state index contributed by atoms with van der Waals surface area (Å²) in [5.74, 6) is -0.320. The Morgan fingerprint density at radius 3 is 2.78 bits per heavy atom. The van der Waals surface area contributed by atoms with Crippen molar-refractivity contribution in [2.24, 2.45) is 0 Å². The number of carbonyl (C=O) groups excluding carboxylic acids is 1. The summed E-state index contributed by atoms with van der Waals surface area (Å²) in [7, 11) is 0. The van der Waals surface area contributed by atoms with E-state index in [1.54, 1.807) is 30.0 Å². The molecule has 0 unspecified atom stereocenters. The predicted molar refractivity (Wildman–Crippen MR) is 95.3 cm³/mol. The van der Waals surface area contributed by atoms with Gasteiger partial charge < -0.3 is 4.90 Å². The van der Waals surface area contributed by atoms with E-state index < -0.39 is 0 Å². The van der Waals surface area contributed by atoms with Gasteiger partial charge in [-0.1, -0.05) is 51.8 Å². The summed E-state index contributed by atoms with van der Waals surface area (Å²) in [5, 5.41) is 0.554. The largest absolute Gasteiger partial charge is 0.307 e. The van der Waals surface area contributed by atoms with Gasteiger partial charge in [0.15, 0.2) is 0 Å². The van der Waals surface area contributed by atoms with E-state index in [1.807, 2.05) is 18.2 Å². The number of carbonyl (C=O) groups is 1. The molecular formula is C18H14BrClFNO. The van der Waals surface area contributed by atoms with Crippen LogP contribution in [0.4, 0.5) is 10.1 Å². The van der Waals surface area contributed by atoms with Gasteiger partial charge in [0.1, 0.15) is 5.82 Å². The van der Waals surface area contributed by atoms with Gasteiger partial charge in [0, 0.05) is 21.5 Å². The lowest BCUT2D eigenvalue weighted by atomic mass is 10.1. The fourth-order valence-corrected chi connectivity index (χ4v) is 3.22. The summed E-state index contributed by atoms with van der Waals surface area (Å²) in [6.07, 6.45) is 2.12. The molecule has 118 valence electrons. The van der Waals surface area contributed by atoms with E-state index in [0.717, 1.165) is 21.3 Å². The third-order valence-electron chi connectivity index (χ3n) is 3.84. The molecule has 0 N–H and O–H groups in total. The molecule has 2 aromatic carbocycles. The average molecular weight is 395 g/mol. The number of fused-ring (bicyclic) bond motifs is 1. The first-order valence-electron chi connectivity index (χ1n) is 7.16. The lowest BCUT2D eigenvalue weighted by Crippen LogP contribution is -2.29. The molecule has 0 saturated carbocycles. The molecule has 23 heavy (non-hydrogen) atoms. The lowest BCUT2D eigenvalue weighted by molar-refractivity contribution is -0.117. The molecular weight excluding hydrogens is 381 g/mol. The van der Waals surface area contributed by atoms with Crippen LogP contribution in [-0.2, 0) is 11.3 Å². The molecule has 5 heteroatoms. The van der Waals surface area contributed by atoms with Crippen LogP contribution in [0.2, 0.25) is 5.02 Å². The zero-order valence-electron chi connectivity index (χ0n) is 12.4. The van der Waals surface area contributed by atoms with Gasteiger partial charge in [-0.3, -0.25) is 4.79 Å². The number of hydrogen-bond donors (Lipinski definition) is 0.